The average Bonchev–Trinajstić information content (AvgIpc) is 2.66. The Hall–Kier alpha value is -0.0800. The van der Waals surface area contributed by atoms with Crippen molar-refractivity contribution in [1.29, 1.82) is 0 Å². The zero-order valence-electron chi connectivity index (χ0n) is 9.73. The minimum atomic E-state index is 0.343. The monoisotopic (exact) mass is 212 g/mol. The molecule has 0 aromatic carbocycles. The maximum atomic E-state index is 9.32. The highest BCUT2D eigenvalue weighted by Gasteiger charge is 2.43. The summed E-state index contributed by atoms with van der Waals surface area (Å²) in [6.45, 7) is 3.09. The van der Waals surface area contributed by atoms with Crippen LogP contribution in [-0.4, -0.2) is 23.4 Å². The van der Waals surface area contributed by atoms with Crippen LogP contribution in [0.4, 0.5) is 0 Å². The highest BCUT2D eigenvalue weighted by atomic mass is 16.3. The third-order valence-electron chi connectivity index (χ3n) is 5.05. The highest BCUT2D eigenvalue weighted by molar-refractivity contribution is 4.93. The third-order valence-corrected chi connectivity index (χ3v) is 5.05. The van der Waals surface area contributed by atoms with Crippen molar-refractivity contribution in [2.24, 2.45) is 29.6 Å². The van der Waals surface area contributed by atoms with Crippen molar-refractivity contribution >= 4 is 0 Å². The Kier molecular flexibility index (Phi) is 3.68. The van der Waals surface area contributed by atoms with Crippen molar-refractivity contribution in [2.75, 3.05) is 13.2 Å². The van der Waals surface area contributed by atoms with Crippen LogP contribution >= 0.6 is 0 Å². The molecule has 0 amide bonds. The second-order valence-corrected chi connectivity index (χ2v) is 5.56. The van der Waals surface area contributed by atoms with Crippen LogP contribution in [0.5, 0.6) is 0 Å². The molecule has 5 atom stereocenters. The van der Waals surface area contributed by atoms with Gasteiger partial charge in [-0.05, 0) is 61.7 Å². The molecule has 0 radical (unpaired) electrons. The minimum Gasteiger partial charge on any atom is -0.396 e. The molecule has 0 aliphatic heterocycles. The summed E-state index contributed by atoms with van der Waals surface area (Å²) in [6, 6.07) is 0. The summed E-state index contributed by atoms with van der Waals surface area (Å²) in [5.41, 5.74) is 0. The fourth-order valence-corrected chi connectivity index (χ4v) is 4.11. The van der Waals surface area contributed by atoms with Gasteiger partial charge >= 0.3 is 0 Å². The van der Waals surface area contributed by atoms with Gasteiger partial charge < -0.3 is 10.2 Å². The molecule has 5 unspecified atom stereocenters. The van der Waals surface area contributed by atoms with Gasteiger partial charge in [0.2, 0.25) is 0 Å². The molecule has 2 aliphatic rings. The van der Waals surface area contributed by atoms with Gasteiger partial charge in [-0.15, -0.1) is 0 Å². The van der Waals surface area contributed by atoms with E-state index in [1.54, 1.807) is 0 Å². The number of fused-ring (bicyclic) bond motifs is 1. The average molecular weight is 212 g/mol. The van der Waals surface area contributed by atoms with Crippen LogP contribution in [0.3, 0.4) is 0 Å². The molecule has 2 N–H and O–H groups in total. The molecule has 0 aromatic rings. The van der Waals surface area contributed by atoms with Gasteiger partial charge in [0.05, 0.1) is 0 Å². The van der Waals surface area contributed by atoms with Crippen LogP contribution in [0, 0.1) is 29.6 Å². The van der Waals surface area contributed by atoms with Crippen LogP contribution < -0.4 is 0 Å². The first-order chi connectivity index (χ1) is 7.27. The molecule has 15 heavy (non-hydrogen) atoms. The Morgan fingerprint density at radius 2 is 1.60 bits per heavy atom. The van der Waals surface area contributed by atoms with Crippen LogP contribution in [0.25, 0.3) is 0 Å². The normalized spacial score (nSPS) is 45.4. The Balaban J connectivity index is 1.98. The van der Waals surface area contributed by atoms with Crippen LogP contribution in [0.15, 0.2) is 0 Å². The second-order valence-electron chi connectivity index (χ2n) is 5.56. The smallest absolute Gasteiger partial charge is 0.0462 e. The van der Waals surface area contributed by atoms with E-state index in [1.807, 2.05) is 0 Å². The Labute approximate surface area is 92.7 Å². The van der Waals surface area contributed by atoms with E-state index >= 15 is 0 Å². The van der Waals surface area contributed by atoms with Crippen LogP contribution in [0.1, 0.15) is 39.0 Å². The van der Waals surface area contributed by atoms with Gasteiger partial charge in [-0.1, -0.05) is 6.92 Å². The highest BCUT2D eigenvalue weighted by Crippen LogP contribution is 2.50. The van der Waals surface area contributed by atoms with Crippen molar-refractivity contribution in [3.05, 3.63) is 0 Å². The molecule has 2 fully saturated rings. The molecule has 0 saturated heterocycles. The van der Waals surface area contributed by atoms with Gasteiger partial charge in [0, 0.05) is 13.2 Å². The number of hydrogen-bond donors (Lipinski definition) is 2. The Bertz CT molecular complexity index is 205. The molecule has 0 spiro atoms. The van der Waals surface area contributed by atoms with E-state index in [4.69, 9.17) is 5.11 Å². The Morgan fingerprint density at radius 1 is 0.933 bits per heavy atom. The minimum absolute atomic E-state index is 0.343. The summed E-state index contributed by atoms with van der Waals surface area (Å²) in [7, 11) is 0. The number of aliphatic hydroxyl groups is 2. The van der Waals surface area contributed by atoms with Crippen molar-refractivity contribution < 1.29 is 10.2 Å². The Morgan fingerprint density at radius 3 is 2.27 bits per heavy atom. The van der Waals surface area contributed by atoms with E-state index in [0.717, 1.165) is 30.1 Å². The summed E-state index contributed by atoms with van der Waals surface area (Å²) in [6.07, 6.45) is 6.06. The molecule has 0 heterocycles. The van der Waals surface area contributed by atoms with Gasteiger partial charge in [0.15, 0.2) is 0 Å². The summed E-state index contributed by atoms with van der Waals surface area (Å²) in [4.78, 5) is 0. The molecule has 2 nitrogen and oxygen atoms in total. The molecular weight excluding hydrogens is 188 g/mol. The predicted molar refractivity (Wildman–Crippen MR) is 60.4 cm³/mol. The van der Waals surface area contributed by atoms with E-state index in [2.05, 4.69) is 6.92 Å². The fraction of sp³-hybridized carbons (Fsp3) is 1.00. The van der Waals surface area contributed by atoms with Crippen molar-refractivity contribution in [2.45, 2.75) is 39.0 Å². The first kappa shape index (κ1) is 11.4. The molecule has 2 rings (SSSR count). The van der Waals surface area contributed by atoms with E-state index in [1.165, 1.54) is 25.7 Å². The lowest BCUT2D eigenvalue weighted by molar-refractivity contribution is 0.0705. The number of rotatable bonds is 3. The van der Waals surface area contributed by atoms with Crippen molar-refractivity contribution in [3.63, 3.8) is 0 Å². The summed E-state index contributed by atoms with van der Waals surface area (Å²) >= 11 is 0. The molecule has 2 aliphatic carbocycles. The topological polar surface area (TPSA) is 40.5 Å². The van der Waals surface area contributed by atoms with Gasteiger partial charge in [-0.25, -0.2) is 0 Å². The molecule has 2 heteroatoms. The van der Waals surface area contributed by atoms with Gasteiger partial charge in [-0.3, -0.25) is 0 Å². The maximum Gasteiger partial charge on any atom is 0.0462 e. The zero-order chi connectivity index (χ0) is 10.8. The van der Waals surface area contributed by atoms with E-state index < -0.39 is 0 Å². The van der Waals surface area contributed by atoms with Crippen LogP contribution in [-0.2, 0) is 0 Å². The molecular formula is C13H24O2. The molecule has 88 valence electrons. The van der Waals surface area contributed by atoms with E-state index in [0.29, 0.717) is 19.1 Å². The predicted octanol–water partition coefficient (Wildman–Crippen LogP) is 2.05. The lowest BCUT2D eigenvalue weighted by Gasteiger charge is -2.39. The lowest BCUT2D eigenvalue weighted by atomic mass is 9.66. The first-order valence-corrected chi connectivity index (χ1v) is 6.49. The van der Waals surface area contributed by atoms with E-state index in [-0.39, 0.29) is 0 Å². The fourth-order valence-electron chi connectivity index (χ4n) is 4.11. The summed E-state index contributed by atoms with van der Waals surface area (Å²) < 4.78 is 0. The molecule has 0 bridgehead atoms. The second kappa shape index (κ2) is 4.84. The number of hydrogen-bond acceptors (Lipinski definition) is 2. The lowest BCUT2D eigenvalue weighted by Crippen LogP contribution is -2.33. The van der Waals surface area contributed by atoms with Gasteiger partial charge in [0.25, 0.3) is 0 Å². The van der Waals surface area contributed by atoms with Crippen LogP contribution in [0.2, 0.25) is 0 Å². The molecule has 2 saturated carbocycles. The quantitative estimate of drug-likeness (QED) is 0.751. The number of aliphatic hydroxyl groups excluding tert-OH is 2. The van der Waals surface area contributed by atoms with Gasteiger partial charge in [0.1, 0.15) is 0 Å². The first-order valence-electron chi connectivity index (χ1n) is 6.49. The summed E-state index contributed by atoms with van der Waals surface area (Å²) in [5, 5.41) is 18.4. The third kappa shape index (κ3) is 2.07. The standard InChI is InChI=1S/C13H24O2/c1-9-10(6-7-14)2-5-13-11(8-15)3-4-12(9)13/h9-15H,2-8H2,1H3. The zero-order valence-corrected chi connectivity index (χ0v) is 9.73. The summed E-state index contributed by atoms with van der Waals surface area (Å²) in [5.74, 6) is 3.67. The maximum absolute atomic E-state index is 9.32. The molecule has 0 aromatic heterocycles. The van der Waals surface area contributed by atoms with Crippen molar-refractivity contribution in [3.8, 4) is 0 Å². The largest absolute Gasteiger partial charge is 0.396 e. The van der Waals surface area contributed by atoms with E-state index in [9.17, 15) is 5.11 Å². The van der Waals surface area contributed by atoms with Gasteiger partial charge in [-0.2, -0.15) is 0 Å². The van der Waals surface area contributed by atoms with Crippen molar-refractivity contribution in [1.82, 2.24) is 0 Å². The SMILES string of the molecule is CC1C(CCO)CCC2C(CO)CCC12.